The van der Waals surface area contributed by atoms with E-state index in [1.165, 1.54) is 12.1 Å². The van der Waals surface area contributed by atoms with E-state index in [9.17, 15) is 18.0 Å². The van der Waals surface area contributed by atoms with Crippen LogP contribution in [0.4, 0.5) is 0 Å². The minimum Gasteiger partial charge on any atom is -0.476 e. The molecule has 13 heteroatoms. The summed E-state index contributed by atoms with van der Waals surface area (Å²) in [7, 11) is -2.48. The van der Waals surface area contributed by atoms with Crippen LogP contribution in [0.25, 0.3) is 0 Å². The number of nitrogens with zero attached hydrogens (tertiary/aromatic N) is 5. The molecule has 3 heterocycles. The Morgan fingerprint density at radius 3 is 2.68 bits per heavy atom. The number of nitrogens with one attached hydrogen (secondary N) is 2. The topological polar surface area (TPSA) is 138 Å². The van der Waals surface area contributed by atoms with E-state index in [-0.39, 0.29) is 53.2 Å². The number of sulfonamides is 1. The highest BCUT2D eigenvalue weighted by Gasteiger charge is 2.31. The van der Waals surface area contributed by atoms with Crippen LogP contribution in [0.3, 0.4) is 0 Å². The summed E-state index contributed by atoms with van der Waals surface area (Å²) in [5.74, 6) is -0.192. The molecule has 0 saturated heterocycles. The SMILES string of the molecule is C/C=C1\N=C(/N(C)/C=C\C=C(C)C)NS(=O)(=O)c2cccc(c2)C(=O)N(Cc2cc3n(n2)CCNC3=O)[C@H](CC(C)C)CO1. The van der Waals surface area contributed by atoms with Crippen LogP contribution in [0.5, 0.6) is 0 Å². The molecule has 2 aliphatic heterocycles. The van der Waals surface area contributed by atoms with Crippen molar-refractivity contribution in [2.24, 2.45) is 10.9 Å². The second kappa shape index (κ2) is 13.9. The predicted octanol–water partition coefficient (Wildman–Crippen LogP) is 3.62. The summed E-state index contributed by atoms with van der Waals surface area (Å²) in [6.07, 6.45) is 7.60. The number of rotatable bonds is 6. The van der Waals surface area contributed by atoms with Crippen molar-refractivity contribution in [2.45, 2.75) is 65.1 Å². The van der Waals surface area contributed by atoms with Gasteiger partial charge >= 0.3 is 0 Å². The second-order valence-electron chi connectivity index (χ2n) is 11.4. The van der Waals surface area contributed by atoms with Crippen LogP contribution in [-0.2, 0) is 27.8 Å². The van der Waals surface area contributed by atoms with Gasteiger partial charge in [0.25, 0.3) is 21.8 Å². The van der Waals surface area contributed by atoms with Gasteiger partial charge in [-0.15, -0.1) is 0 Å². The Hall–Kier alpha value is -4.39. The number of ether oxygens (including phenoxy) is 1. The Labute approximate surface area is 259 Å². The summed E-state index contributed by atoms with van der Waals surface area (Å²) in [4.78, 5) is 34.2. The first-order chi connectivity index (χ1) is 20.9. The monoisotopic (exact) mass is 623 g/mol. The van der Waals surface area contributed by atoms with Crippen molar-refractivity contribution in [2.75, 3.05) is 20.2 Å². The zero-order valence-electron chi connectivity index (χ0n) is 26.1. The van der Waals surface area contributed by atoms with Gasteiger partial charge in [0, 0.05) is 25.4 Å². The van der Waals surface area contributed by atoms with E-state index in [2.05, 4.69) is 34.0 Å². The lowest BCUT2D eigenvalue weighted by molar-refractivity contribution is 0.0474. The molecule has 1 atom stereocenters. The van der Waals surface area contributed by atoms with Crippen molar-refractivity contribution in [1.82, 2.24) is 29.6 Å². The highest BCUT2D eigenvalue weighted by atomic mass is 32.2. The number of aromatic nitrogens is 2. The van der Waals surface area contributed by atoms with Gasteiger partial charge < -0.3 is 19.9 Å². The molecular weight excluding hydrogens is 582 g/mol. The molecule has 0 saturated carbocycles. The van der Waals surface area contributed by atoms with Crippen LogP contribution < -0.4 is 10.0 Å². The van der Waals surface area contributed by atoms with E-state index in [4.69, 9.17) is 4.74 Å². The number of benzene rings is 1. The maximum Gasteiger partial charge on any atom is 0.269 e. The number of guanidine groups is 1. The van der Waals surface area contributed by atoms with Gasteiger partial charge in [0.05, 0.1) is 29.7 Å². The molecule has 2 N–H and O–H groups in total. The largest absolute Gasteiger partial charge is 0.476 e. The predicted molar refractivity (Wildman–Crippen MR) is 168 cm³/mol. The molecule has 236 valence electrons. The van der Waals surface area contributed by atoms with Gasteiger partial charge in [0.1, 0.15) is 12.3 Å². The summed E-state index contributed by atoms with van der Waals surface area (Å²) < 4.78 is 37.6. The Morgan fingerprint density at radius 2 is 2.00 bits per heavy atom. The molecule has 0 unspecified atom stereocenters. The third kappa shape index (κ3) is 7.95. The van der Waals surface area contributed by atoms with Crippen LogP contribution >= 0.6 is 0 Å². The van der Waals surface area contributed by atoms with E-state index in [1.807, 2.05) is 19.9 Å². The Kier molecular flexibility index (Phi) is 10.3. The molecule has 0 fully saturated rings. The fourth-order valence-electron chi connectivity index (χ4n) is 4.85. The quantitative estimate of drug-likeness (QED) is 0.469. The number of carbonyl (C=O) groups is 2. The molecule has 2 aromatic rings. The summed E-state index contributed by atoms with van der Waals surface area (Å²) in [6, 6.07) is 7.19. The molecule has 1 aromatic carbocycles. The van der Waals surface area contributed by atoms with Crippen LogP contribution in [-0.4, -0.2) is 72.0 Å². The van der Waals surface area contributed by atoms with Crippen molar-refractivity contribution >= 4 is 27.8 Å². The molecule has 4 rings (SSSR count). The Balaban J connectivity index is 1.81. The van der Waals surface area contributed by atoms with Crippen molar-refractivity contribution in [3.63, 3.8) is 0 Å². The number of hydrogen-bond donors (Lipinski definition) is 2. The van der Waals surface area contributed by atoms with Gasteiger partial charge in [-0.25, -0.2) is 13.1 Å². The summed E-state index contributed by atoms with van der Waals surface area (Å²) >= 11 is 0. The molecule has 2 amide bonds. The average molecular weight is 624 g/mol. The van der Waals surface area contributed by atoms with Crippen LogP contribution in [0.1, 0.15) is 67.6 Å². The minimum atomic E-state index is -4.15. The maximum atomic E-state index is 14.2. The van der Waals surface area contributed by atoms with E-state index in [0.717, 1.165) is 5.57 Å². The maximum absolute atomic E-state index is 14.2. The molecule has 2 aliphatic rings. The highest BCUT2D eigenvalue weighted by molar-refractivity contribution is 7.90. The third-order valence-corrected chi connectivity index (χ3v) is 8.35. The highest BCUT2D eigenvalue weighted by Crippen LogP contribution is 2.23. The zero-order chi connectivity index (χ0) is 32.0. The first-order valence-electron chi connectivity index (χ1n) is 14.6. The van der Waals surface area contributed by atoms with Gasteiger partial charge in [-0.05, 0) is 69.5 Å². The lowest BCUT2D eigenvalue weighted by Crippen LogP contribution is -2.43. The van der Waals surface area contributed by atoms with Crippen molar-refractivity contribution in [1.29, 1.82) is 0 Å². The molecule has 12 nitrogen and oxygen atoms in total. The van der Waals surface area contributed by atoms with Gasteiger partial charge in [-0.1, -0.05) is 31.6 Å². The van der Waals surface area contributed by atoms with Crippen LogP contribution in [0, 0.1) is 5.92 Å². The first kappa shape index (κ1) is 32.5. The standard InChI is InChI=1S/C31H41N7O5S/c1-7-28-33-31(36(6)14-9-10-21(2)3)35-44(41,42)26-12-8-11-23(17-26)30(40)37(25(20-43-28)16-22(4)5)19-24-18-27-29(39)32-13-15-38(27)34-24/h7-12,14,17-18,22,25H,13,15-16,19-20H2,1-6H3,(H,32,39)(H,33,35)/b14-9-,28-7+/t25-/m1/s1. The van der Waals surface area contributed by atoms with Crippen LogP contribution in [0.15, 0.2) is 76.1 Å². The van der Waals surface area contributed by atoms with Gasteiger partial charge in [0.2, 0.25) is 11.8 Å². The summed E-state index contributed by atoms with van der Waals surface area (Å²) in [5.41, 5.74) is 2.25. The normalized spacial score (nSPS) is 20.8. The molecule has 0 radical (unpaired) electrons. The average Bonchev–Trinajstić information content (AvgIpc) is 3.39. The van der Waals surface area contributed by atoms with E-state index >= 15 is 0 Å². The third-order valence-electron chi connectivity index (χ3n) is 7.03. The Morgan fingerprint density at radius 1 is 1.23 bits per heavy atom. The second-order valence-corrected chi connectivity index (χ2v) is 13.1. The molecule has 1 aromatic heterocycles. The minimum absolute atomic E-state index is 0.0200. The van der Waals surface area contributed by atoms with E-state index < -0.39 is 16.1 Å². The molecular formula is C31H41N7O5S. The number of carbonyl (C=O) groups excluding carboxylic acids is 2. The molecule has 0 aliphatic carbocycles. The lowest BCUT2D eigenvalue weighted by Gasteiger charge is -2.32. The number of hydrogen-bond acceptors (Lipinski definition) is 8. The number of aliphatic imine (C=N–C) groups is 1. The fourth-order valence-corrected chi connectivity index (χ4v) is 5.94. The van der Waals surface area contributed by atoms with Gasteiger partial charge in [-0.3, -0.25) is 14.3 Å². The number of fused-ring (bicyclic) bond motifs is 3. The summed E-state index contributed by atoms with van der Waals surface area (Å²) in [5, 5.41) is 7.41. The van der Waals surface area contributed by atoms with Gasteiger partial charge in [-0.2, -0.15) is 10.1 Å². The molecule has 2 bridgehead atoms. The van der Waals surface area contributed by atoms with Gasteiger partial charge in [0.15, 0.2) is 0 Å². The van der Waals surface area contributed by atoms with Crippen LogP contribution in [0.2, 0.25) is 0 Å². The number of allylic oxidation sites excluding steroid dienone is 4. The van der Waals surface area contributed by atoms with Crippen molar-refractivity contribution in [3.8, 4) is 0 Å². The number of amides is 2. The first-order valence-corrected chi connectivity index (χ1v) is 16.1. The van der Waals surface area contributed by atoms with Crippen molar-refractivity contribution in [3.05, 3.63) is 83.2 Å². The van der Waals surface area contributed by atoms with E-state index in [0.29, 0.717) is 30.9 Å². The zero-order valence-corrected chi connectivity index (χ0v) is 26.9. The summed E-state index contributed by atoms with van der Waals surface area (Å²) in [6.45, 7) is 11.0. The van der Waals surface area contributed by atoms with Crippen molar-refractivity contribution < 1.29 is 22.7 Å². The Bertz CT molecular complexity index is 1620. The molecule has 44 heavy (non-hydrogen) atoms. The smallest absolute Gasteiger partial charge is 0.269 e. The molecule has 0 spiro atoms. The fraction of sp³-hybridized carbons (Fsp3) is 0.419. The van der Waals surface area contributed by atoms with E-state index in [1.54, 1.807) is 65.0 Å². The lowest BCUT2D eigenvalue weighted by atomic mass is 10.0.